The molecule has 1 atom stereocenters. The van der Waals surface area contributed by atoms with Gasteiger partial charge in [0.1, 0.15) is 5.82 Å². The van der Waals surface area contributed by atoms with Crippen LogP contribution in [0.25, 0.3) is 0 Å². The Kier molecular flexibility index (Phi) is 6.18. The Hall–Kier alpha value is -1.42. The van der Waals surface area contributed by atoms with Gasteiger partial charge in [0.15, 0.2) is 0 Å². The molecule has 21 heavy (non-hydrogen) atoms. The molecular formula is C17H19ClFNO. The molecule has 0 radical (unpaired) electrons. The van der Waals surface area contributed by atoms with Crippen LogP contribution in [0.15, 0.2) is 48.5 Å². The summed E-state index contributed by atoms with van der Waals surface area (Å²) in [6.07, 6.45) is 1.49. The third-order valence-electron chi connectivity index (χ3n) is 3.40. The van der Waals surface area contributed by atoms with Crippen LogP contribution < -0.4 is 5.32 Å². The number of nitrogens with one attached hydrogen (secondary N) is 1. The molecule has 1 unspecified atom stereocenters. The summed E-state index contributed by atoms with van der Waals surface area (Å²) in [5.41, 5.74) is 1.68. The molecule has 0 saturated heterocycles. The molecule has 0 aliphatic rings. The minimum Gasteiger partial charge on any atom is -0.396 e. The molecule has 0 saturated carbocycles. The lowest BCUT2D eigenvalue weighted by Gasteiger charge is -2.19. The molecule has 2 rings (SSSR count). The van der Waals surface area contributed by atoms with Gasteiger partial charge in [0.05, 0.1) is 0 Å². The van der Waals surface area contributed by atoms with Crippen LogP contribution in [0.2, 0.25) is 5.02 Å². The zero-order valence-corrected chi connectivity index (χ0v) is 12.5. The summed E-state index contributed by atoms with van der Waals surface area (Å²) in [6.45, 7) is 0.550. The molecule has 2 nitrogen and oxygen atoms in total. The topological polar surface area (TPSA) is 32.3 Å². The van der Waals surface area contributed by atoms with Crippen LogP contribution in [-0.4, -0.2) is 11.7 Å². The van der Waals surface area contributed by atoms with E-state index in [1.807, 2.05) is 30.3 Å². The van der Waals surface area contributed by atoms with Gasteiger partial charge in [-0.15, -0.1) is 0 Å². The van der Waals surface area contributed by atoms with Crippen molar-refractivity contribution in [3.8, 4) is 0 Å². The summed E-state index contributed by atoms with van der Waals surface area (Å²) < 4.78 is 13.7. The van der Waals surface area contributed by atoms with Gasteiger partial charge < -0.3 is 10.4 Å². The zero-order chi connectivity index (χ0) is 15.1. The van der Waals surface area contributed by atoms with Gasteiger partial charge in [-0.05, 0) is 36.6 Å². The number of benzene rings is 2. The van der Waals surface area contributed by atoms with Crippen LogP contribution in [0.5, 0.6) is 0 Å². The third kappa shape index (κ3) is 4.81. The number of aliphatic hydroxyl groups excluding tert-OH is 1. The van der Waals surface area contributed by atoms with Gasteiger partial charge >= 0.3 is 0 Å². The SMILES string of the molecule is OCCCC(NCc1cc(Cl)ccc1F)c1ccccc1. The molecule has 0 fully saturated rings. The van der Waals surface area contributed by atoms with Gasteiger partial charge in [-0.3, -0.25) is 0 Å². The van der Waals surface area contributed by atoms with Crippen LogP contribution in [0, 0.1) is 5.82 Å². The fourth-order valence-electron chi connectivity index (χ4n) is 2.28. The Balaban J connectivity index is 2.07. The lowest BCUT2D eigenvalue weighted by Crippen LogP contribution is -2.21. The second-order valence-electron chi connectivity index (χ2n) is 4.95. The van der Waals surface area contributed by atoms with Crippen LogP contribution in [0.4, 0.5) is 4.39 Å². The molecule has 0 aromatic heterocycles. The average Bonchev–Trinajstić information content (AvgIpc) is 2.51. The van der Waals surface area contributed by atoms with Gasteiger partial charge in [0, 0.05) is 29.8 Å². The Labute approximate surface area is 129 Å². The molecule has 4 heteroatoms. The van der Waals surface area contributed by atoms with E-state index in [-0.39, 0.29) is 18.5 Å². The van der Waals surface area contributed by atoms with E-state index >= 15 is 0 Å². The highest BCUT2D eigenvalue weighted by atomic mass is 35.5. The summed E-state index contributed by atoms with van der Waals surface area (Å²) in [7, 11) is 0. The number of hydrogen-bond acceptors (Lipinski definition) is 2. The lowest BCUT2D eigenvalue weighted by molar-refractivity contribution is 0.274. The quantitative estimate of drug-likeness (QED) is 0.808. The van der Waals surface area contributed by atoms with Crippen molar-refractivity contribution in [2.75, 3.05) is 6.61 Å². The van der Waals surface area contributed by atoms with Crippen molar-refractivity contribution in [1.82, 2.24) is 5.32 Å². The zero-order valence-electron chi connectivity index (χ0n) is 11.7. The van der Waals surface area contributed by atoms with E-state index in [0.717, 1.165) is 12.0 Å². The molecule has 0 bridgehead atoms. The molecule has 2 aromatic carbocycles. The maximum absolute atomic E-state index is 13.7. The van der Waals surface area contributed by atoms with Crippen LogP contribution in [-0.2, 0) is 6.54 Å². The number of rotatable bonds is 7. The Bertz CT molecular complexity index is 562. The molecule has 0 amide bonds. The molecule has 2 aromatic rings. The van der Waals surface area contributed by atoms with Crippen LogP contribution in [0.3, 0.4) is 0 Å². The lowest BCUT2D eigenvalue weighted by atomic mass is 10.0. The van der Waals surface area contributed by atoms with Crippen molar-refractivity contribution in [3.05, 3.63) is 70.5 Å². The molecular weight excluding hydrogens is 289 g/mol. The van der Waals surface area contributed by atoms with Crippen molar-refractivity contribution in [1.29, 1.82) is 0 Å². The highest BCUT2D eigenvalue weighted by molar-refractivity contribution is 6.30. The monoisotopic (exact) mass is 307 g/mol. The highest BCUT2D eigenvalue weighted by Crippen LogP contribution is 2.20. The standard InChI is InChI=1S/C17H19ClFNO/c18-15-8-9-16(19)14(11-15)12-20-17(7-4-10-21)13-5-2-1-3-6-13/h1-3,5-6,8-9,11,17,20-21H,4,7,10,12H2. The van der Waals surface area contributed by atoms with Crippen LogP contribution in [0.1, 0.15) is 30.0 Å². The van der Waals surface area contributed by atoms with E-state index in [4.69, 9.17) is 16.7 Å². The predicted molar refractivity (Wildman–Crippen MR) is 83.8 cm³/mol. The molecule has 112 valence electrons. The highest BCUT2D eigenvalue weighted by Gasteiger charge is 2.11. The predicted octanol–water partition coefficient (Wildman–Crippen LogP) is 4.08. The fraction of sp³-hybridized carbons (Fsp3) is 0.294. The van der Waals surface area contributed by atoms with Crippen molar-refractivity contribution < 1.29 is 9.50 Å². The first kappa shape index (κ1) is 16.0. The van der Waals surface area contributed by atoms with Crippen molar-refractivity contribution in [2.45, 2.75) is 25.4 Å². The van der Waals surface area contributed by atoms with Gasteiger partial charge in [-0.1, -0.05) is 41.9 Å². The van der Waals surface area contributed by atoms with E-state index in [2.05, 4.69) is 5.32 Å². The van der Waals surface area contributed by atoms with E-state index < -0.39 is 0 Å². The van der Waals surface area contributed by atoms with E-state index in [9.17, 15) is 4.39 Å². The number of halogens is 2. The number of hydrogen-bond donors (Lipinski definition) is 2. The maximum atomic E-state index is 13.7. The van der Waals surface area contributed by atoms with E-state index in [0.29, 0.717) is 23.6 Å². The van der Waals surface area contributed by atoms with Gasteiger partial charge in [-0.25, -0.2) is 4.39 Å². The van der Waals surface area contributed by atoms with Crippen molar-refractivity contribution >= 4 is 11.6 Å². The molecule has 2 N–H and O–H groups in total. The Morgan fingerprint density at radius 1 is 1.14 bits per heavy atom. The van der Waals surface area contributed by atoms with Gasteiger partial charge in [0.25, 0.3) is 0 Å². The Morgan fingerprint density at radius 2 is 1.90 bits per heavy atom. The van der Waals surface area contributed by atoms with Crippen molar-refractivity contribution in [3.63, 3.8) is 0 Å². The second-order valence-corrected chi connectivity index (χ2v) is 5.38. The molecule has 0 aliphatic carbocycles. The van der Waals surface area contributed by atoms with Crippen LogP contribution >= 0.6 is 11.6 Å². The first-order chi connectivity index (χ1) is 10.2. The minimum atomic E-state index is -0.263. The number of aliphatic hydroxyl groups is 1. The van der Waals surface area contributed by atoms with E-state index in [1.54, 1.807) is 12.1 Å². The van der Waals surface area contributed by atoms with Gasteiger partial charge in [0.2, 0.25) is 0 Å². The van der Waals surface area contributed by atoms with E-state index in [1.165, 1.54) is 6.07 Å². The van der Waals surface area contributed by atoms with Crippen molar-refractivity contribution in [2.24, 2.45) is 0 Å². The molecule has 0 heterocycles. The summed E-state index contributed by atoms with van der Waals surface area (Å²) in [5.74, 6) is -0.263. The first-order valence-corrected chi connectivity index (χ1v) is 7.41. The first-order valence-electron chi connectivity index (χ1n) is 7.04. The normalized spacial score (nSPS) is 12.3. The largest absolute Gasteiger partial charge is 0.396 e. The minimum absolute atomic E-state index is 0.0803. The molecule has 0 aliphatic heterocycles. The fourth-order valence-corrected chi connectivity index (χ4v) is 2.47. The maximum Gasteiger partial charge on any atom is 0.127 e. The summed E-state index contributed by atoms with van der Waals surface area (Å²) in [6, 6.07) is 14.6. The third-order valence-corrected chi connectivity index (χ3v) is 3.63. The summed E-state index contributed by atoms with van der Waals surface area (Å²) in [5, 5.41) is 12.9. The smallest absolute Gasteiger partial charge is 0.127 e. The average molecular weight is 308 g/mol. The summed E-state index contributed by atoms with van der Waals surface area (Å²) >= 11 is 5.91. The summed E-state index contributed by atoms with van der Waals surface area (Å²) in [4.78, 5) is 0. The Morgan fingerprint density at radius 3 is 2.62 bits per heavy atom. The van der Waals surface area contributed by atoms with Gasteiger partial charge in [-0.2, -0.15) is 0 Å². The molecule has 0 spiro atoms. The second kappa shape index (κ2) is 8.13.